The van der Waals surface area contributed by atoms with Crippen LogP contribution in [0, 0.1) is 5.82 Å². The van der Waals surface area contributed by atoms with Crippen LogP contribution in [0.15, 0.2) is 41.3 Å². The molecule has 0 radical (unpaired) electrons. The van der Waals surface area contributed by atoms with Gasteiger partial charge in [-0.1, -0.05) is 6.07 Å². The lowest BCUT2D eigenvalue weighted by molar-refractivity contribution is -0.275. The number of halogens is 4. The molecular weight excluding hydrogens is 382 g/mol. The fourth-order valence-corrected chi connectivity index (χ4v) is 2.65. The second-order valence-electron chi connectivity index (χ2n) is 6.21. The van der Waals surface area contributed by atoms with E-state index in [2.05, 4.69) is 9.72 Å². The second kappa shape index (κ2) is 7.02. The smallest absolute Gasteiger partial charge is 0.504 e. The molecule has 1 aromatic carbocycles. The first-order valence-electron chi connectivity index (χ1n) is 8.00. The Bertz CT molecular complexity index is 1090. The van der Waals surface area contributed by atoms with Gasteiger partial charge in [0.1, 0.15) is 22.7 Å². The third kappa shape index (κ3) is 4.00. The van der Waals surface area contributed by atoms with Crippen molar-refractivity contribution in [3.8, 4) is 11.5 Å². The normalized spacial score (nSPS) is 11.6. The Hall–Kier alpha value is -3.30. The van der Waals surface area contributed by atoms with Crippen LogP contribution in [0.1, 0.15) is 5.56 Å². The summed E-state index contributed by atoms with van der Waals surface area (Å²) in [6, 6.07) is 5.73. The van der Waals surface area contributed by atoms with E-state index in [1.807, 2.05) is 0 Å². The van der Waals surface area contributed by atoms with Crippen molar-refractivity contribution in [3.05, 3.63) is 58.1 Å². The van der Waals surface area contributed by atoms with Gasteiger partial charge in [0.05, 0.1) is 0 Å². The zero-order valence-electron chi connectivity index (χ0n) is 14.8. The SMILES string of the molecule is CN(C)c1cc(F)c2c(=O)ccn(Cc3ccc(O)c(OC(F)(F)F)c3)c2n1. The molecule has 0 aliphatic heterocycles. The average molecular weight is 397 g/mol. The number of fused-ring (bicyclic) bond motifs is 1. The van der Waals surface area contributed by atoms with Crippen LogP contribution >= 0.6 is 0 Å². The van der Waals surface area contributed by atoms with Crippen LogP contribution in [0.5, 0.6) is 11.5 Å². The Morgan fingerprint density at radius 2 is 1.93 bits per heavy atom. The fourth-order valence-electron chi connectivity index (χ4n) is 2.65. The van der Waals surface area contributed by atoms with Gasteiger partial charge in [-0.3, -0.25) is 4.79 Å². The van der Waals surface area contributed by atoms with Crippen LogP contribution in [-0.2, 0) is 6.54 Å². The van der Waals surface area contributed by atoms with Crippen molar-refractivity contribution in [2.45, 2.75) is 12.9 Å². The number of alkyl halides is 3. The van der Waals surface area contributed by atoms with E-state index in [9.17, 15) is 27.5 Å². The highest BCUT2D eigenvalue weighted by Crippen LogP contribution is 2.32. The highest BCUT2D eigenvalue weighted by atomic mass is 19.4. The van der Waals surface area contributed by atoms with E-state index in [0.29, 0.717) is 5.56 Å². The standard InChI is InChI=1S/C18H15F4N3O3/c1-24(2)15-8-11(19)16-13(27)5-6-25(17(16)23-15)9-10-3-4-12(26)14(7-10)28-18(20,21)22/h3-8,26H,9H2,1-2H3. The second-order valence-corrected chi connectivity index (χ2v) is 6.21. The lowest BCUT2D eigenvalue weighted by Gasteiger charge is -2.16. The predicted octanol–water partition coefficient (Wildman–Crippen LogP) is 3.25. The van der Waals surface area contributed by atoms with E-state index in [1.165, 1.54) is 16.8 Å². The van der Waals surface area contributed by atoms with Gasteiger partial charge in [0.2, 0.25) is 0 Å². The molecule has 28 heavy (non-hydrogen) atoms. The number of aromatic hydroxyl groups is 1. The maximum absolute atomic E-state index is 14.4. The van der Waals surface area contributed by atoms with Crippen molar-refractivity contribution in [2.24, 2.45) is 0 Å². The molecule has 6 nitrogen and oxygen atoms in total. The number of hydrogen-bond acceptors (Lipinski definition) is 5. The van der Waals surface area contributed by atoms with Crippen LogP contribution in [0.25, 0.3) is 11.0 Å². The molecule has 3 aromatic rings. The summed E-state index contributed by atoms with van der Waals surface area (Å²) in [5, 5.41) is 9.34. The highest BCUT2D eigenvalue weighted by molar-refractivity contribution is 5.78. The largest absolute Gasteiger partial charge is 0.573 e. The Morgan fingerprint density at radius 3 is 2.57 bits per heavy atom. The van der Waals surface area contributed by atoms with Crippen LogP contribution in [-0.4, -0.2) is 35.1 Å². The minimum absolute atomic E-state index is 0.0331. The molecule has 0 saturated heterocycles. The summed E-state index contributed by atoms with van der Waals surface area (Å²) in [6.07, 6.45) is -3.60. The van der Waals surface area contributed by atoms with Crippen molar-refractivity contribution in [1.29, 1.82) is 0 Å². The summed E-state index contributed by atoms with van der Waals surface area (Å²) in [4.78, 5) is 17.9. The summed E-state index contributed by atoms with van der Waals surface area (Å²) in [6.45, 7) is -0.0331. The summed E-state index contributed by atoms with van der Waals surface area (Å²) < 4.78 is 57.1. The molecule has 0 bridgehead atoms. The Labute approximate surface area is 156 Å². The number of pyridine rings is 2. The molecule has 0 atom stereocenters. The summed E-state index contributed by atoms with van der Waals surface area (Å²) >= 11 is 0. The molecule has 2 aromatic heterocycles. The third-order valence-corrected chi connectivity index (χ3v) is 3.92. The Morgan fingerprint density at radius 1 is 1.21 bits per heavy atom. The number of anilines is 1. The molecule has 0 saturated carbocycles. The predicted molar refractivity (Wildman–Crippen MR) is 94.2 cm³/mol. The Balaban J connectivity index is 2.09. The Kier molecular flexibility index (Phi) is 4.88. The van der Waals surface area contributed by atoms with Crippen molar-refractivity contribution >= 4 is 16.9 Å². The van der Waals surface area contributed by atoms with Gasteiger partial charge >= 0.3 is 6.36 Å². The molecule has 1 N–H and O–H groups in total. The van der Waals surface area contributed by atoms with E-state index >= 15 is 0 Å². The number of phenols is 1. The van der Waals surface area contributed by atoms with Gasteiger partial charge in [-0.25, -0.2) is 9.37 Å². The first kappa shape index (κ1) is 19.5. The zero-order chi connectivity index (χ0) is 20.6. The van der Waals surface area contributed by atoms with Gasteiger partial charge < -0.3 is 19.3 Å². The number of rotatable bonds is 4. The quantitative estimate of drug-likeness (QED) is 0.685. The number of nitrogens with zero attached hydrogens (tertiary/aromatic N) is 3. The lowest BCUT2D eigenvalue weighted by Crippen LogP contribution is -2.18. The zero-order valence-corrected chi connectivity index (χ0v) is 14.8. The molecule has 0 unspecified atom stereocenters. The molecule has 0 aliphatic carbocycles. The molecule has 3 rings (SSSR count). The van der Waals surface area contributed by atoms with Gasteiger partial charge in [-0.2, -0.15) is 0 Å². The van der Waals surface area contributed by atoms with Gasteiger partial charge in [0, 0.05) is 39.0 Å². The minimum Gasteiger partial charge on any atom is -0.504 e. The monoisotopic (exact) mass is 397 g/mol. The maximum atomic E-state index is 14.4. The first-order chi connectivity index (χ1) is 13.0. The number of aromatic nitrogens is 2. The molecule has 0 fully saturated rings. The van der Waals surface area contributed by atoms with Gasteiger partial charge in [-0.15, -0.1) is 13.2 Å². The van der Waals surface area contributed by atoms with Crippen LogP contribution in [0.3, 0.4) is 0 Å². The average Bonchev–Trinajstić information content (AvgIpc) is 2.58. The summed E-state index contributed by atoms with van der Waals surface area (Å²) in [5.74, 6) is -1.91. The van der Waals surface area contributed by atoms with Crippen LogP contribution in [0.2, 0.25) is 0 Å². The lowest BCUT2D eigenvalue weighted by atomic mass is 10.2. The van der Waals surface area contributed by atoms with Gasteiger partial charge in [0.15, 0.2) is 16.9 Å². The van der Waals surface area contributed by atoms with Crippen LogP contribution < -0.4 is 15.1 Å². The van der Waals surface area contributed by atoms with Gasteiger partial charge in [0.25, 0.3) is 0 Å². The number of ether oxygens (including phenoxy) is 1. The molecular formula is C18H15F4N3O3. The maximum Gasteiger partial charge on any atom is 0.573 e. The number of benzene rings is 1. The molecule has 2 heterocycles. The molecule has 148 valence electrons. The third-order valence-electron chi connectivity index (χ3n) is 3.92. The van der Waals surface area contributed by atoms with E-state index in [1.54, 1.807) is 19.0 Å². The molecule has 0 aliphatic rings. The highest BCUT2D eigenvalue weighted by Gasteiger charge is 2.32. The van der Waals surface area contributed by atoms with Crippen molar-refractivity contribution in [3.63, 3.8) is 0 Å². The summed E-state index contributed by atoms with van der Waals surface area (Å²) in [5.41, 5.74) is -0.199. The minimum atomic E-state index is -4.97. The van der Waals surface area contributed by atoms with Crippen molar-refractivity contribution < 1.29 is 27.4 Å². The van der Waals surface area contributed by atoms with E-state index < -0.39 is 29.1 Å². The van der Waals surface area contributed by atoms with E-state index in [0.717, 1.165) is 24.3 Å². The fraction of sp³-hybridized carbons (Fsp3) is 0.222. The summed E-state index contributed by atoms with van der Waals surface area (Å²) in [7, 11) is 3.30. The molecule has 0 spiro atoms. The van der Waals surface area contributed by atoms with Crippen molar-refractivity contribution in [2.75, 3.05) is 19.0 Å². The first-order valence-corrected chi connectivity index (χ1v) is 8.00. The number of hydrogen-bond donors (Lipinski definition) is 1. The molecule has 10 heteroatoms. The van der Waals surface area contributed by atoms with Crippen molar-refractivity contribution in [1.82, 2.24) is 9.55 Å². The van der Waals surface area contributed by atoms with Crippen LogP contribution in [0.4, 0.5) is 23.4 Å². The van der Waals surface area contributed by atoms with Gasteiger partial charge in [-0.05, 0) is 17.7 Å². The number of phenolic OH excluding ortho intramolecular Hbond substituents is 1. The van der Waals surface area contributed by atoms with E-state index in [4.69, 9.17) is 0 Å². The molecule has 0 amide bonds. The van der Waals surface area contributed by atoms with E-state index in [-0.39, 0.29) is 23.4 Å². The topological polar surface area (TPSA) is 67.6 Å².